The first-order chi connectivity index (χ1) is 11.5. The molecular formula is C18H23ClN4O. The van der Waals surface area contributed by atoms with E-state index in [4.69, 9.17) is 11.6 Å². The molecule has 1 aromatic heterocycles. The zero-order valence-corrected chi connectivity index (χ0v) is 15.0. The zero-order valence-electron chi connectivity index (χ0n) is 14.3. The molecule has 5 nitrogen and oxygen atoms in total. The van der Waals surface area contributed by atoms with Crippen molar-refractivity contribution in [2.45, 2.75) is 13.5 Å². The second-order valence-electron chi connectivity index (χ2n) is 5.76. The molecular weight excluding hydrogens is 324 g/mol. The van der Waals surface area contributed by atoms with E-state index in [1.165, 1.54) is 11.6 Å². The average molecular weight is 347 g/mol. The van der Waals surface area contributed by atoms with E-state index in [-0.39, 0.29) is 5.91 Å². The summed E-state index contributed by atoms with van der Waals surface area (Å²) in [6, 6.07) is 10.3. The molecule has 0 unspecified atom stereocenters. The maximum Gasteiger partial charge on any atom is 0.244 e. The number of nitrogens with one attached hydrogen (secondary N) is 1. The minimum atomic E-state index is -0.137. The van der Waals surface area contributed by atoms with Crippen LogP contribution in [0.2, 0.25) is 5.15 Å². The minimum absolute atomic E-state index is 0.137. The molecule has 0 aliphatic heterocycles. The van der Waals surface area contributed by atoms with Crippen LogP contribution in [0.25, 0.3) is 6.08 Å². The zero-order chi connectivity index (χ0) is 17.5. The highest BCUT2D eigenvalue weighted by molar-refractivity contribution is 6.31. The van der Waals surface area contributed by atoms with Gasteiger partial charge in [-0.3, -0.25) is 9.48 Å². The van der Waals surface area contributed by atoms with Crippen molar-refractivity contribution >= 4 is 23.6 Å². The summed E-state index contributed by atoms with van der Waals surface area (Å²) in [5.41, 5.74) is 2.83. The quantitative estimate of drug-likeness (QED) is 0.784. The SMILES string of the molecule is Cc1nn(C)c(Cl)c1C=CC(=O)NCCN(C)Cc1ccccc1. The Kier molecular flexibility index (Phi) is 6.58. The van der Waals surface area contributed by atoms with Gasteiger partial charge in [-0.25, -0.2) is 0 Å². The third-order valence-corrected chi connectivity index (χ3v) is 4.13. The molecule has 6 heteroatoms. The fraction of sp³-hybridized carbons (Fsp3) is 0.333. The Morgan fingerprint density at radius 1 is 1.38 bits per heavy atom. The fourth-order valence-corrected chi connectivity index (χ4v) is 2.64. The molecule has 1 heterocycles. The van der Waals surface area contributed by atoms with E-state index >= 15 is 0 Å². The maximum atomic E-state index is 11.9. The number of rotatable bonds is 7. The summed E-state index contributed by atoms with van der Waals surface area (Å²) >= 11 is 6.13. The normalized spacial score (nSPS) is 11.4. The van der Waals surface area contributed by atoms with E-state index in [0.29, 0.717) is 11.7 Å². The predicted octanol–water partition coefficient (Wildman–Crippen LogP) is 2.64. The van der Waals surface area contributed by atoms with Gasteiger partial charge in [-0.05, 0) is 25.6 Å². The minimum Gasteiger partial charge on any atom is -0.351 e. The van der Waals surface area contributed by atoms with Crippen molar-refractivity contribution in [1.82, 2.24) is 20.0 Å². The van der Waals surface area contributed by atoms with Crippen LogP contribution >= 0.6 is 11.6 Å². The number of nitrogens with zero attached hydrogens (tertiary/aromatic N) is 3. The number of hydrogen-bond donors (Lipinski definition) is 1. The molecule has 0 saturated heterocycles. The lowest BCUT2D eigenvalue weighted by Crippen LogP contribution is -2.31. The van der Waals surface area contributed by atoms with Gasteiger partial charge in [0, 0.05) is 38.3 Å². The summed E-state index contributed by atoms with van der Waals surface area (Å²) in [4.78, 5) is 14.1. The highest BCUT2D eigenvalue weighted by Gasteiger charge is 2.08. The van der Waals surface area contributed by atoms with Crippen molar-refractivity contribution in [3.8, 4) is 0 Å². The van der Waals surface area contributed by atoms with Crippen molar-refractivity contribution in [2.75, 3.05) is 20.1 Å². The van der Waals surface area contributed by atoms with E-state index in [9.17, 15) is 4.79 Å². The van der Waals surface area contributed by atoms with Crippen LogP contribution in [0.4, 0.5) is 0 Å². The third kappa shape index (κ3) is 5.22. The molecule has 2 aromatic rings. The van der Waals surface area contributed by atoms with Crippen LogP contribution < -0.4 is 5.32 Å². The number of likely N-dealkylation sites (N-methyl/N-ethyl adjacent to an activating group) is 1. The van der Waals surface area contributed by atoms with Crippen LogP contribution in [0, 0.1) is 6.92 Å². The van der Waals surface area contributed by atoms with Crippen LogP contribution in [-0.2, 0) is 18.4 Å². The molecule has 0 fully saturated rings. The molecule has 24 heavy (non-hydrogen) atoms. The molecule has 1 amide bonds. The molecule has 0 bridgehead atoms. The van der Waals surface area contributed by atoms with Crippen molar-refractivity contribution in [2.24, 2.45) is 7.05 Å². The first-order valence-corrected chi connectivity index (χ1v) is 8.22. The molecule has 0 saturated carbocycles. The number of aryl methyl sites for hydroxylation is 2. The van der Waals surface area contributed by atoms with Crippen molar-refractivity contribution in [3.05, 3.63) is 58.4 Å². The van der Waals surface area contributed by atoms with Gasteiger partial charge in [-0.1, -0.05) is 41.9 Å². The molecule has 0 atom stereocenters. The second-order valence-corrected chi connectivity index (χ2v) is 6.12. The number of halogens is 1. The Bertz CT molecular complexity index is 709. The number of amides is 1. The summed E-state index contributed by atoms with van der Waals surface area (Å²) < 4.78 is 1.59. The van der Waals surface area contributed by atoms with Gasteiger partial charge in [-0.2, -0.15) is 5.10 Å². The van der Waals surface area contributed by atoms with E-state index in [1.807, 2.05) is 32.2 Å². The highest BCUT2D eigenvalue weighted by Crippen LogP contribution is 2.19. The summed E-state index contributed by atoms with van der Waals surface area (Å²) in [5.74, 6) is -0.137. The Balaban J connectivity index is 1.76. The second kappa shape index (κ2) is 8.66. The van der Waals surface area contributed by atoms with E-state index in [2.05, 4.69) is 27.4 Å². The Morgan fingerprint density at radius 2 is 2.08 bits per heavy atom. The largest absolute Gasteiger partial charge is 0.351 e. The summed E-state index contributed by atoms with van der Waals surface area (Å²) in [5, 5.41) is 7.61. The number of carbonyl (C=O) groups is 1. The van der Waals surface area contributed by atoms with Gasteiger partial charge in [0.2, 0.25) is 5.91 Å². The lowest BCUT2D eigenvalue weighted by atomic mass is 10.2. The van der Waals surface area contributed by atoms with Gasteiger partial charge in [-0.15, -0.1) is 0 Å². The van der Waals surface area contributed by atoms with Crippen LogP contribution in [0.3, 0.4) is 0 Å². The van der Waals surface area contributed by atoms with Gasteiger partial charge in [0.25, 0.3) is 0 Å². The van der Waals surface area contributed by atoms with Crippen LogP contribution in [0.1, 0.15) is 16.8 Å². The molecule has 0 aliphatic carbocycles. The van der Waals surface area contributed by atoms with Gasteiger partial charge in [0.1, 0.15) is 5.15 Å². The molecule has 1 N–H and O–H groups in total. The standard InChI is InChI=1S/C18H23ClN4O/c1-14-16(18(19)23(3)21-14)9-10-17(24)20-11-12-22(2)13-15-7-5-4-6-8-15/h4-10H,11-13H2,1-3H3,(H,20,24). The van der Waals surface area contributed by atoms with Gasteiger partial charge in [0.15, 0.2) is 0 Å². The predicted molar refractivity (Wildman–Crippen MR) is 97.8 cm³/mol. The fourth-order valence-electron chi connectivity index (χ4n) is 2.40. The Labute approximate surface area is 147 Å². The molecule has 0 aliphatic rings. The topological polar surface area (TPSA) is 50.2 Å². The molecule has 1 aromatic carbocycles. The molecule has 128 valence electrons. The monoisotopic (exact) mass is 346 g/mol. The molecule has 0 spiro atoms. The van der Waals surface area contributed by atoms with Crippen LogP contribution in [-0.4, -0.2) is 40.7 Å². The van der Waals surface area contributed by atoms with Gasteiger partial charge >= 0.3 is 0 Å². The first kappa shape index (κ1) is 18.2. The summed E-state index contributed by atoms with van der Waals surface area (Å²) in [7, 11) is 3.81. The average Bonchev–Trinajstić information content (AvgIpc) is 2.79. The number of hydrogen-bond acceptors (Lipinski definition) is 3. The van der Waals surface area contributed by atoms with E-state index in [0.717, 1.165) is 24.3 Å². The smallest absolute Gasteiger partial charge is 0.244 e. The Hall–Kier alpha value is -2.11. The highest BCUT2D eigenvalue weighted by atomic mass is 35.5. The van der Waals surface area contributed by atoms with Crippen LogP contribution in [0.5, 0.6) is 0 Å². The number of benzene rings is 1. The maximum absolute atomic E-state index is 11.9. The summed E-state index contributed by atoms with van der Waals surface area (Å²) in [6.07, 6.45) is 3.20. The van der Waals surface area contributed by atoms with Crippen LogP contribution in [0.15, 0.2) is 36.4 Å². The molecule has 0 radical (unpaired) electrons. The third-order valence-electron chi connectivity index (χ3n) is 3.69. The summed E-state index contributed by atoms with van der Waals surface area (Å²) in [6.45, 7) is 4.09. The van der Waals surface area contributed by atoms with Crippen molar-refractivity contribution < 1.29 is 4.79 Å². The number of carbonyl (C=O) groups excluding carboxylic acids is 1. The lowest BCUT2D eigenvalue weighted by Gasteiger charge is -2.16. The van der Waals surface area contributed by atoms with Crippen molar-refractivity contribution in [1.29, 1.82) is 0 Å². The Morgan fingerprint density at radius 3 is 2.71 bits per heavy atom. The lowest BCUT2D eigenvalue weighted by molar-refractivity contribution is -0.116. The van der Waals surface area contributed by atoms with E-state index in [1.54, 1.807) is 17.8 Å². The number of aromatic nitrogens is 2. The first-order valence-electron chi connectivity index (χ1n) is 7.85. The van der Waals surface area contributed by atoms with Crippen molar-refractivity contribution in [3.63, 3.8) is 0 Å². The van der Waals surface area contributed by atoms with E-state index < -0.39 is 0 Å². The van der Waals surface area contributed by atoms with Gasteiger partial charge in [0.05, 0.1) is 5.69 Å². The molecule has 2 rings (SSSR count). The van der Waals surface area contributed by atoms with Gasteiger partial charge < -0.3 is 10.2 Å².